The second-order valence-electron chi connectivity index (χ2n) is 3.28. The molecule has 0 unspecified atom stereocenters. The van der Waals surface area contributed by atoms with E-state index in [2.05, 4.69) is 17.1 Å². The monoisotopic (exact) mass is 232 g/mol. The molecule has 0 atom stereocenters. The van der Waals surface area contributed by atoms with Crippen molar-refractivity contribution in [2.45, 2.75) is 25.3 Å². The van der Waals surface area contributed by atoms with E-state index in [1.54, 1.807) is 0 Å². The standard InChI is InChI=1S/C5H7ClN2O2.C4H6O/c6-4(8-10)5(9)7-3-1-2-3;1-4-2-3-5-4/h3,10H,1-2H2,(H,7,9);1-3H2. The van der Waals surface area contributed by atoms with Gasteiger partial charge >= 0.3 is 0 Å². The van der Waals surface area contributed by atoms with Gasteiger partial charge in [-0.3, -0.25) is 4.79 Å². The summed E-state index contributed by atoms with van der Waals surface area (Å²) in [6, 6.07) is 0.239. The Balaban J connectivity index is 0.000000187. The lowest BCUT2D eigenvalue weighted by Crippen LogP contribution is -2.29. The summed E-state index contributed by atoms with van der Waals surface area (Å²) in [6.07, 6.45) is 3.04. The molecule has 2 N–H and O–H groups in total. The molecule has 1 aliphatic carbocycles. The summed E-state index contributed by atoms with van der Waals surface area (Å²) in [4.78, 5) is 10.7. The molecule has 0 radical (unpaired) electrons. The highest BCUT2D eigenvalue weighted by atomic mass is 35.5. The highest BCUT2D eigenvalue weighted by Gasteiger charge is 2.24. The first-order valence-electron chi connectivity index (χ1n) is 4.62. The van der Waals surface area contributed by atoms with Crippen LogP contribution in [0.25, 0.3) is 0 Å². The Hall–Kier alpha value is -1.23. The maximum absolute atomic E-state index is 10.7. The van der Waals surface area contributed by atoms with E-state index in [4.69, 9.17) is 21.5 Å². The number of carbonyl (C=O) groups excluding carboxylic acids is 1. The van der Waals surface area contributed by atoms with Gasteiger partial charge in [0.25, 0.3) is 5.91 Å². The van der Waals surface area contributed by atoms with Crippen molar-refractivity contribution in [3.8, 4) is 0 Å². The Morgan fingerprint density at radius 3 is 2.47 bits per heavy atom. The molecule has 2 fully saturated rings. The summed E-state index contributed by atoms with van der Waals surface area (Å²) in [6.45, 7) is 4.43. The van der Waals surface area contributed by atoms with Crippen molar-refractivity contribution in [1.82, 2.24) is 5.32 Å². The number of nitrogens with one attached hydrogen (secondary N) is 1. The summed E-state index contributed by atoms with van der Waals surface area (Å²) in [5.74, 6) is 0.427. The first-order valence-corrected chi connectivity index (χ1v) is 5.00. The Labute approximate surface area is 92.7 Å². The number of carbonyl (C=O) groups is 1. The van der Waals surface area contributed by atoms with E-state index >= 15 is 0 Å². The van der Waals surface area contributed by atoms with Crippen molar-refractivity contribution in [2.24, 2.45) is 5.16 Å². The molecule has 6 heteroatoms. The molecule has 1 saturated heterocycles. The number of nitrogens with zero attached hydrogens (tertiary/aromatic N) is 1. The zero-order valence-electron chi connectivity index (χ0n) is 8.20. The molecular weight excluding hydrogens is 220 g/mol. The van der Waals surface area contributed by atoms with Crippen LogP contribution in [0.5, 0.6) is 0 Å². The molecular formula is C9H13ClN2O3. The summed E-state index contributed by atoms with van der Waals surface area (Å²) in [5.41, 5.74) is 0. The molecule has 0 spiro atoms. The third kappa shape index (κ3) is 4.69. The molecule has 1 aliphatic heterocycles. The van der Waals surface area contributed by atoms with Crippen molar-refractivity contribution < 1.29 is 14.7 Å². The van der Waals surface area contributed by atoms with Crippen LogP contribution in [0, 0.1) is 0 Å². The van der Waals surface area contributed by atoms with Crippen molar-refractivity contribution in [3.63, 3.8) is 0 Å². The second kappa shape index (κ2) is 5.60. The van der Waals surface area contributed by atoms with Gasteiger partial charge in [-0.1, -0.05) is 23.3 Å². The molecule has 5 nitrogen and oxygen atoms in total. The van der Waals surface area contributed by atoms with Crippen LogP contribution in [0.2, 0.25) is 0 Å². The van der Waals surface area contributed by atoms with Gasteiger partial charge in [0.1, 0.15) is 0 Å². The number of hydrogen-bond donors (Lipinski definition) is 2. The minimum Gasteiger partial charge on any atom is -0.498 e. The fourth-order valence-corrected chi connectivity index (χ4v) is 0.819. The Bertz CT molecular complexity index is 281. The largest absolute Gasteiger partial charge is 0.498 e. The van der Waals surface area contributed by atoms with E-state index in [1.165, 1.54) is 0 Å². The van der Waals surface area contributed by atoms with Gasteiger partial charge in [-0.05, 0) is 12.8 Å². The van der Waals surface area contributed by atoms with Crippen molar-refractivity contribution in [1.29, 1.82) is 0 Å². The van der Waals surface area contributed by atoms with Gasteiger partial charge in [0.15, 0.2) is 0 Å². The van der Waals surface area contributed by atoms with Crippen LogP contribution in [0.15, 0.2) is 17.5 Å². The van der Waals surface area contributed by atoms with E-state index in [9.17, 15) is 4.79 Å². The summed E-state index contributed by atoms with van der Waals surface area (Å²) < 4.78 is 4.74. The van der Waals surface area contributed by atoms with E-state index < -0.39 is 11.1 Å². The Morgan fingerprint density at radius 2 is 2.20 bits per heavy atom. The van der Waals surface area contributed by atoms with Gasteiger partial charge in [0, 0.05) is 12.5 Å². The molecule has 1 heterocycles. The lowest BCUT2D eigenvalue weighted by molar-refractivity contribution is -0.114. The predicted molar refractivity (Wildman–Crippen MR) is 55.9 cm³/mol. The molecule has 0 aromatic carbocycles. The Morgan fingerprint density at radius 1 is 1.67 bits per heavy atom. The fraction of sp³-hybridized carbons (Fsp3) is 0.556. The van der Waals surface area contributed by atoms with Crippen LogP contribution in [0.3, 0.4) is 0 Å². The normalized spacial score (nSPS) is 19.3. The van der Waals surface area contributed by atoms with E-state index in [-0.39, 0.29) is 6.04 Å². The minimum atomic E-state index is -0.508. The number of amides is 1. The number of hydrogen-bond acceptors (Lipinski definition) is 4. The van der Waals surface area contributed by atoms with Gasteiger partial charge in [-0.25, -0.2) is 0 Å². The first kappa shape index (κ1) is 11.8. The molecule has 1 saturated carbocycles. The Kier molecular flexibility index (Phi) is 4.42. The zero-order chi connectivity index (χ0) is 11.3. The summed E-state index contributed by atoms with van der Waals surface area (Å²) in [5, 5.41) is 12.7. The lowest BCUT2D eigenvalue weighted by Gasteiger charge is -2.15. The lowest BCUT2D eigenvalue weighted by atomic mass is 10.3. The molecule has 15 heavy (non-hydrogen) atoms. The number of ether oxygens (including phenoxy) is 1. The third-order valence-electron chi connectivity index (χ3n) is 1.87. The molecule has 0 aromatic heterocycles. The molecule has 2 aliphatic rings. The van der Waals surface area contributed by atoms with Crippen LogP contribution in [-0.4, -0.2) is 28.9 Å². The summed E-state index contributed by atoms with van der Waals surface area (Å²) in [7, 11) is 0. The quantitative estimate of drug-likeness (QED) is 0.427. The topological polar surface area (TPSA) is 70.9 Å². The number of rotatable bonds is 2. The number of oxime groups is 1. The van der Waals surface area contributed by atoms with Crippen molar-refractivity contribution in [2.75, 3.05) is 6.61 Å². The average Bonchev–Trinajstić information content (AvgIpc) is 2.98. The van der Waals surface area contributed by atoms with Gasteiger partial charge < -0.3 is 15.3 Å². The van der Waals surface area contributed by atoms with Crippen LogP contribution < -0.4 is 5.32 Å². The van der Waals surface area contributed by atoms with E-state index in [0.717, 1.165) is 31.6 Å². The third-order valence-corrected chi connectivity index (χ3v) is 2.12. The van der Waals surface area contributed by atoms with Gasteiger partial charge in [0.05, 0.1) is 12.4 Å². The maximum Gasteiger partial charge on any atom is 0.285 e. The fourth-order valence-electron chi connectivity index (χ4n) is 0.764. The molecule has 0 aromatic rings. The van der Waals surface area contributed by atoms with Crippen LogP contribution in [0.4, 0.5) is 0 Å². The second-order valence-corrected chi connectivity index (χ2v) is 3.63. The zero-order valence-corrected chi connectivity index (χ0v) is 8.96. The van der Waals surface area contributed by atoms with Gasteiger partial charge in [-0.2, -0.15) is 0 Å². The van der Waals surface area contributed by atoms with Gasteiger partial charge in [-0.15, -0.1) is 0 Å². The van der Waals surface area contributed by atoms with Crippen molar-refractivity contribution in [3.05, 3.63) is 12.3 Å². The smallest absolute Gasteiger partial charge is 0.285 e. The van der Waals surface area contributed by atoms with E-state index in [0.29, 0.717) is 0 Å². The highest BCUT2D eigenvalue weighted by Crippen LogP contribution is 2.18. The summed E-state index contributed by atoms with van der Waals surface area (Å²) >= 11 is 5.18. The molecule has 1 amide bonds. The maximum atomic E-state index is 10.7. The molecule has 84 valence electrons. The number of halogens is 1. The first-order chi connectivity index (χ1) is 7.13. The minimum absolute atomic E-state index is 0.239. The molecule has 2 rings (SSSR count). The predicted octanol–water partition coefficient (Wildman–Crippen LogP) is 1.21. The average molecular weight is 233 g/mol. The SMILES string of the molecule is C=C1CCO1.O=C(NC1CC1)C(Cl)=NO. The van der Waals surface area contributed by atoms with Crippen LogP contribution >= 0.6 is 11.6 Å². The highest BCUT2D eigenvalue weighted by molar-refractivity contribution is 6.82. The van der Waals surface area contributed by atoms with Crippen LogP contribution in [-0.2, 0) is 9.53 Å². The van der Waals surface area contributed by atoms with Crippen molar-refractivity contribution >= 4 is 22.7 Å². The van der Waals surface area contributed by atoms with Crippen LogP contribution in [0.1, 0.15) is 19.3 Å². The van der Waals surface area contributed by atoms with E-state index in [1.807, 2.05) is 0 Å². The van der Waals surface area contributed by atoms with Gasteiger partial charge in [0.2, 0.25) is 5.17 Å². The molecule has 0 bridgehead atoms.